The molecule has 0 fully saturated rings. The van der Waals surface area contributed by atoms with Gasteiger partial charge in [-0.15, -0.1) is 0 Å². The topological polar surface area (TPSA) is 48.4 Å². The summed E-state index contributed by atoms with van der Waals surface area (Å²) >= 11 is 0. The number of ether oxygens (including phenoxy) is 2. The van der Waals surface area contributed by atoms with Gasteiger partial charge in [-0.1, -0.05) is 78.9 Å². The lowest BCUT2D eigenvalue weighted by Crippen LogP contribution is -2.20. The van der Waals surface area contributed by atoms with E-state index < -0.39 is 5.92 Å². The van der Waals surface area contributed by atoms with Crippen LogP contribution in [0, 0.1) is 0 Å². The Kier molecular flexibility index (Phi) is 7.29. The van der Waals surface area contributed by atoms with Crippen molar-refractivity contribution in [1.29, 1.82) is 0 Å². The van der Waals surface area contributed by atoms with Crippen LogP contribution in [-0.4, -0.2) is 17.6 Å². The predicted octanol–water partition coefficient (Wildman–Crippen LogP) is 6.39. The Labute approximate surface area is 194 Å². The van der Waals surface area contributed by atoms with Crippen LogP contribution in [-0.2, 0) is 4.79 Å². The van der Waals surface area contributed by atoms with E-state index in [1.54, 1.807) is 18.5 Å². The van der Waals surface area contributed by atoms with Crippen LogP contribution in [0.2, 0.25) is 0 Å². The molecule has 0 aliphatic heterocycles. The number of hydrogen-bond donors (Lipinski definition) is 0. The molecule has 0 amide bonds. The first-order chi connectivity index (χ1) is 16.2. The number of nitrogens with zero attached hydrogens (tertiary/aromatic N) is 1. The SMILES string of the molecule is CCOc1cc(/C=C/c2ccncc2)ccc1OC(=O)C(c1ccccc1)c1ccccc1. The van der Waals surface area contributed by atoms with Gasteiger partial charge >= 0.3 is 5.97 Å². The zero-order valence-electron chi connectivity index (χ0n) is 18.4. The van der Waals surface area contributed by atoms with E-state index in [0.717, 1.165) is 22.3 Å². The van der Waals surface area contributed by atoms with E-state index in [-0.39, 0.29) is 5.97 Å². The van der Waals surface area contributed by atoms with Crippen LogP contribution in [0.4, 0.5) is 0 Å². The molecular weight excluding hydrogens is 410 g/mol. The van der Waals surface area contributed by atoms with Crippen molar-refractivity contribution in [1.82, 2.24) is 4.98 Å². The second-order valence-electron chi connectivity index (χ2n) is 7.43. The third kappa shape index (κ3) is 5.74. The molecule has 4 nitrogen and oxygen atoms in total. The van der Waals surface area contributed by atoms with E-state index >= 15 is 0 Å². The molecule has 0 unspecified atom stereocenters. The summed E-state index contributed by atoms with van der Waals surface area (Å²) in [6, 6.07) is 28.8. The monoisotopic (exact) mass is 435 g/mol. The molecular formula is C29H25NO3. The van der Waals surface area contributed by atoms with Gasteiger partial charge in [-0.25, -0.2) is 0 Å². The molecule has 0 spiro atoms. The minimum atomic E-state index is -0.534. The van der Waals surface area contributed by atoms with Crippen LogP contribution in [0.3, 0.4) is 0 Å². The van der Waals surface area contributed by atoms with Crippen molar-refractivity contribution >= 4 is 18.1 Å². The molecule has 1 heterocycles. The van der Waals surface area contributed by atoms with Gasteiger partial charge in [-0.05, 0) is 53.4 Å². The quantitative estimate of drug-likeness (QED) is 0.238. The highest BCUT2D eigenvalue weighted by molar-refractivity contribution is 5.84. The second-order valence-corrected chi connectivity index (χ2v) is 7.43. The van der Waals surface area contributed by atoms with Gasteiger partial charge in [0.1, 0.15) is 5.92 Å². The van der Waals surface area contributed by atoms with Crippen molar-refractivity contribution < 1.29 is 14.3 Å². The zero-order valence-corrected chi connectivity index (χ0v) is 18.4. The summed E-state index contributed by atoms with van der Waals surface area (Å²) in [5, 5.41) is 0. The van der Waals surface area contributed by atoms with Crippen molar-refractivity contribution in [2.75, 3.05) is 6.61 Å². The molecule has 0 bridgehead atoms. The lowest BCUT2D eigenvalue weighted by molar-refractivity contribution is -0.135. The standard InChI is InChI=1S/C29H25NO3/c1-2-32-27-21-23(14-13-22-17-19-30-20-18-22)15-16-26(27)33-29(31)28(24-9-5-3-6-10-24)25-11-7-4-8-12-25/h3-21,28H,2H2,1H3/b14-13+. The maximum absolute atomic E-state index is 13.4. The molecule has 0 atom stereocenters. The van der Waals surface area contributed by atoms with Gasteiger partial charge in [0.15, 0.2) is 11.5 Å². The Hall–Kier alpha value is -4.18. The van der Waals surface area contributed by atoms with Gasteiger partial charge in [0.25, 0.3) is 0 Å². The molecule has 164 valence electrons. The Bertz CT molecular complexity index is 1170. The normalized spacial score (nSPS) is 11.0. The summed E-state index contributed by atoms with van der Waals surface area (Å²) in [4.78, 5) is 17.4. The van der Waals surface area contributed by atoms with E-state index in [2.05, 4.69) is 4.98 Å². The number of esters is 1. The van der Waals surface area contributed by atoms with Crippen molar-refractivity contribution in [3.63, 3.8) is 0 Å². The summed E-state index contributed by atoms with van der Waals surface area (Å²) < 4.78 is 11.7. The molecule has 0 radical (unpaired) electrons. The minimum Gasteiger partial charge on any atom is -0.490 e. The summed E-state index contributed by atoms with van der Waals surface area (Å²) in [5.41, 5.74) is 3.75. The van der Waals surface area contributed by atoms with E-state index in [4.69, 9.17) is 9.47 Å². The number of carbonyl (C=O) groups is 1. The molecule has 0 aliphatic rings. The van der Waals surface area contributed by atoms with Crippen LogP contribution in [0.1, 0.15) is 35.1 Å². The lowest BCUT2D eigenvalue weighted by Gasteiger charge is -2.18. The van der Waals surface area contributed by atoms with Crippen LogP contribution in [0.25, 0.3) is 12.2 Å². The van der Waals surface area contributed by atoms with Crippen molar-refractivity contribution in [3.05, 3.63) is 126 Å². The highest BCUT2D eigenvalue weighted by Gasteiger charge is 2.25. The first kappa shape index (κ1) is 22.0. The highest BCUT2D eigenvalue weighted by atomic mass is 16.6. The molecule has 1 aromatic heterocycles. The molecule has 4 rings (SSSR count). The first-order valence-electron chi connectivity index (χ1n) is 10.9. The summed E-state index contributed by atoms with van der Waals surface area (Å²) in [6.07, 6.45) is 7.49. The number of hydrogen-bond acceptors (Lipinski definition) is 4. The van der Waals surface area contributed by atoms with Crippen LogP contribution in [0.5, 0.6) is 11.5 Å². The third-order valence-electron chi connectivity index (χ3n) is 5.15. The highest BCUT2D eigenvalue weighted by Crippen LogP contribution is 2.33. The Morgan fingerprint density at radius 1 is 0.788 bits per heavy atom. The average molecular weight is 436 g/mol. The van der Waals surface area contributed by atoms with Crippen LogP contribution in [0.15, 0.2) is 103 Å². The van der Waals surface area contributed by atoms with Gasteiger partial charge in [0, 0.05) is 12.4 Å². The Balaban J connectivity index is 1.61. The smallest absolute Gasteiger partial charge is 0.323 e. The van der Waals surface area contributed by atoms with E-state index in [1.807, 2.05) is 104 Å². The molecule has 0 saturated heterocycles. The minimum absolute atomic E-state index is 0.353. The number of pyridine rings is 1. The lowest BCUT2D eigenvalue weighted by atomic mass is 9.91. The van der Waals surface area contributed by atoms with Crippen molar-refractivity contribution in [3.8, 4) is 11.5 Å². The van der Waals surface area contributed by atoms with Crippen molar-refractivity contribution in [2.24, 2.45) is 0 Å². The molecule has 0 aliphatic carbocycles. The van der Waals surface area contributed by atoms with Gasteiger partial charge in [0.2, 0.25) is 0 Å². The van der Waals surface area contributed by atoms with Crippen LogP contribution >= 0.6 is 0 Å². The fraction of sp³-hybridized carbons (Fsp3) is 0.103. The molecule has 4 heteroatoms. The van der Waals surface area contributed by atoms with Crippen LogP contribution < -0.4 is 9.47 Å². The van der Waals surface area contributed by atoms with Gasteiger partial charge < -0.3 is 9.47 Å². The summed E-state index contributed by atoms with van der Waals surface area (Å²) in [6.45, 7) is 2.37. The maximum Gasteiger partial charge on any atom is 0.323 e. The predicted molar refractivity (Wildman–Crippen MR) is 131 cm³/mol. The third-order valence-corrected chi connectivity index (χ3v) is 5.15. The molecule has 0 saturated carbocycles. The molecule has 3 aromatic carbocycles. The fourth-order valence-corrected chi connectivity index (χ4v) is 3.57. The second kappa shape index (κ2) is 10.9. The number of aromatic nitrogens is 1. The summed E-state index contributed by atoms with van der Waals surface area (Å²) in [7, 11) is 0. The maximum atomic E-state index is 13.4. The first-order valence-corrected chi connectivity index (χ1v) is 10.9. The number of rotatable bonds is 8. The van der Waals surface area contributed by atoms with Gasteiger partial charge in [-0.2, -0.15) is 0 Å². The fourth-order valence-electron chi connectivity index (χ4n) is 3.57. The van der Waals surface area contributed by atoms with Gasteiger partial charge in [0.05, 0.1) is 6.61 Å². The van der Waals surface area contributed by atoms with E-state index in [9.17, 15) is 4.79 Å². The Morgan fingerprint density at radius 2 is 1.39 bits per heavy atom. The van der Waals surface area contributed by atoms with Gasteiger partial charge in [-0.3, -0.25) is 9.78 Å². The summed E-state index contributed by atoms with van der Waals surface area (Å²) in [5.74, 6) is 0.0453. The Morgan fingerprint density at radius 3 is 2.00 bits per heavy atom. The largest absolute Gasteiger partial charge is 0.490 e. The zero-order chi connectivity index (χ0) is 22.9. The number of benzene rings is 3. The molecule has 4 aromatic rings. The molecule has 0 N–H and O–H groups in total. The average Bonchev–Trinajstić information content (AvgIpc) is 2.86. The van der Waals surface area contributed by atoms with Crippen molar-refractivity contribution in [2.45, 2.75) is 12.8 Å². The van der Waals surface area contributed by atoms with E-state index in [0.29, 0.717) is 18.1 Å². The number of carbonyl (C=O) groups excluding carboxylic acids is 1. The van der Waals surface area contributed by atoms with E-state index in [1.165, 1.54) is 0 Å². The molecule has 33 heavy (non-hydrogen) atoms.